The van der Waals surface area contributed by atoms with E-state index in [9.17, 15) is 22.4 Å². The van der Waals surface area contributed by atoms with Crippen LogP contribution in [0.25, 0.3) is 0 Å². The Bertz CT molecular complexity index is 1120. The van der Waals surface area contributed by atoms with Gasteiger partial charge in [0.1, 0.15) is 39.8 Å². The van der Waals surface area contributed by atoms with Gasteiger partial charge >= 0.3 is 6.36 Å². The van der Waals surface area contributed by atoms with Gasteiger partial charge in [0.15, 0.2) is 11.5 Å². The van der Waals surface area contributed by atoms with Crippen molar-refractivity contribution in [2.24, 2.45) is 0 Å². The van der Waals surface area contributed by atoms with E-state index in [0.717, 1.165) is 0 Å². The summed E-state index contributed by atoms with van der Waals surface area (Å²) in [6, 6.07) is 10.1. The summed E-state index contributed by atoms with van der Waals surface area (Å²) in [5, 5.41) is 0. The quantitative estimate of drug-likeness (QED) is 0.328. The average Bonchev–Trinajstić information content (AvgIpc) is 3.11. The van der Waals surface area contributed by atoms with Crippen molar-refractivity contribution >= 4 is 21.6 Å². The Morgan fingerprint density at radius 2 is 1.94 bits per heavy atom. The molecule has 2 aliphatic heterocycles. The fraction of sp³-hybridized carbons (Fsp3) is 0.435. The normalized spacial score (nSPS) is 23.2. The number of alkyl halides is 3. The van der Waals surface area contributed by atoms with Crippen molar-refractivity contribution in [1.29, 1.82) is 0 Å². The van der Waals surface area contributed by atoms with Crippen LogP contribution in [0.1, 0.15) is 22.3 Å². The molecular weight excluding hydrogens is 484 g/mol. The lowest BCUT2D eigenvalue weighted by molar-refractivity contribution is -0.325. The molecule has 2 aliphatic rings. The van der Waals surface area contributed by atoms with Gasteiger partial charge in [-0.3, -0.25) is 9.53 Å². The Labute approximate surface area is 207 Å². The van der Waals surface area contributed by atoms with Gasteiger partial charge in [0.25, 0.3) is 5.91 Å². The number of carbonyl (C=O) groups is 1. The third-order valence-corrected chi connectivity index (χ3v) is 5.95. The highest BCUT2D eigenvalue weighted by molar-refractivity contribution is 6.38. The van der Waals surface area contributed by atoms with Gasteiger partial charge in [-0.15, -0.1) is 13.2 Å². The number of hydrogen-bond acceptors (Lipinski definition) is 6. The van der Waals surface area contributed by atoms with Gasteiger partial charge in [0.2, 0.25) is 0 Å². The van der Waals surface area contributed by atoms with Crippen LogP contribution in [0.4, 0.5) is 17.6 Å². The first kappa shape index (κ1) is 26.3. The predicted molar refractivity (Wildman–Crippen MR) is 119 cm³/mol. The van der Waals surface area contributed by atoms with Crippen LogP contribution in [0.3, 0.4) is 0 Å². The Balaban J connectivity index is 1.48. The van der Waals surface area contributed by atoms with Crippen LogP contribution < -0.4 is 9.47 Å². The standard InChI is InChI=1S/C23H21B2F4NO6/c1-32-18-11-14(5-6-17(18)33-9-10-34-23(27,28)29)20(31)30-8-7-21(15-3-2-4-16(26)12-15)19(13-30)35-22(24,25)36-21/h2-6,11-12,19H,7-10,13H2,1H3/t19-,21-/m1/s1. The van der Waals surface area contributed by atoms with E-state index in [4.69, 9.17) is 34.6 Å². The summed E-state index contributed by atoms with van der Waals surface area (Å²) in [4.78, 5) is 14.8. The third-order valence-electron chi connectivity index (χ3n) is 5.95. The molecule has 2 heterocycles. The molecule has 4 radical (unpaired) electrons. The molecule has 0 unspecified atom stereocenters. The highest BCUT2D eigenvalue weighted by Gasteiger charge is 2.56. The summed E-state index contributed by atoms with van der Waals surface area (Å²) in [6.07, 6.45) is -5.29. The highest BCUT2D eigenvalue weighted by Crippen LogP contribution is 2.47. The predicted octanol–water partition coefficient (Wildman–Crippen LogP) is 2.85. The average molecular weight is 505 g/mol. The number of rotatable bonds is 7. The second kappa shape index (κ2) is 9.95. The number of hydrogen-bond donors (Lipinski definition) is 0. The van der Waals surface area contributed by atoms with Crippen molar-refractivity contribution in [3.63, 3.8) is 0 Å². The minimum atomic E-state index is -4.76. The van der Waals surface area contributed by atoms with Crippen LogP contribution in [0.15, 0.2) is 42.5 Å². The molecule has 13 heteroatoms. The smallest absolute Gasteiger partial charge is 0.493 e. The van der Waals surface area contributed by atoms with Gasteiger partial charge < -0.3 is 23.8 Å². The van der Waals surface area contributed by atoms with Crippen molar-refractivity contribution in [3.8, 4) is 11.5 Å². The van der Waals surface area contributed by atoms with Crippen LogP contribution in [-0.4, -0.2) is 78.0 Å². The molecule has 1 amide bonds. The number of nitrogens with zero attached hydrogens (tertiary/aromatic N) is 1. The lowest BCUT2D eigenvalue weighted by atomic mass is 9.76. The molecule has 0 aliphatic carbocycles. The van der Waals surface area contributed by atoms with E-state index in [2.05, 4.69) is 4.74 Å². The number of benzene rings is 2. The van der Waals surface area contributed by atoms with E-state index in [1.54, 1.807) is 6.07 Å². The monoisotopic (exact) mass is 505 g/mol. The van der Waals surface area contributed by atoms with Crippen LogP contribution >= 0.6 is 0 Å². The van der Waals surface area contributed by atoms with E-state index in [-0.39, 0.29) is 49.1 Å². The zero-order valence-electron chi connectivity index (χ0n) is 19.2. The molecule has 7 nitrogen and oxygen atoms in total. The molecule has 36 heavy (non-hydrogen) atoms. The van der Waals surface area contributed by atoms with E-state index in [1.165, 1.54) is 48.4 Å². The highest BCUT2D eigenvalue weighted by atomic mass is 19.4. The molecule has 4 rings (SSSR count). The Morgan fingerprint density at radius 1 is 1.17 bits per heavy atom. The summed E-state index contributed by atoms with van der Waals surface area (Å²) in [7, 11) is 13.1. The van der Waals surface area contributed by atoms with Crippen LogP contribution in [0.2, 0.25) is 0 Å². The lowest BCUT2D eigenvalue weighted by Crippen LogP contribution is -2.53. The zero-order chi connectivity index (χ0) is 26.1. The molecule has 2 atom stereocenters. The second-order valence-corrected chi connectivity index (χ2v) is 8.34. The molecule has 2 aromatic carbocycles. The summed E-state index contributed by atoms with van der Waals surface area (Å²) in [6.45, 7) is -0.806. The topological polar surface area (TPSA) is 66.5 Å². The molecule has 2 aromatic rings. The van der Waals surface area contributed by atoms with Gasteiger partial charge in [-0.2, -0.15) is 0 Å². The first-order chi connectivity index (χ1) is 16.9. The number of piperidine rings is 1. The fourth-order valence-corrected chi connectivity index (χ4v) is 4.42. The molecule has 0 bridgehead atoms. The van der Waals surface area contributed by atoms with Gasteiger partial charge in [-0.05, 0) is 35.9 Å². The summed E-state index contributed by atoms with van der Waals surface area (Å²) in [5.41, 5.74) is -2.32. The SMILES string of the molecule is [B]C1([B])O[C@@H]2CN(C(=O)c3ccc(OCCOC(F)(F)F)c(OC)c3)CC[C@]2(c2cccc(F)c2)O1. The van der Waals surface area contributed by atoms with Gasteiger partial charge in [-0.25, -0.2) is 4.39 Å². The Kier molecular flexibility index (Phi) is 7.27. The maximum atomic E-state index is 13.9. The minimum Gasteiger partial charge on any atom is -0.493 e. The van der Waals surface area contributed by atoms with E-state index in [0.29, 0.717) is 5.56 Å². The number of ether oxygens (including phenoxy) is 5. The number of methoxy groups -OCH3 is 1. The molecule has 0 saturated carbocycles. The number of fused-ring (bicyclic) bond motifs is 1. The van der Waals surface area contributed by atoms with Crippen molar-refractivity contribution in [2.45, 2.75) is 30.1 Å². The van der Waals surface area contributed by atoms with E-state index >= 15 is 0 Å². The molecule has 2 fully saturated rings. The van der Waals surface area contributed by atoms with Crippen LogP contribution in [-0.2, 0) is 19.8 Å². The largest absolute Gasteiger partial charge is 0.522 e. The fourth-order valence-electron chi connectivity index (χ4n) is 4.42. The van der Waals surface area contributed by atoms with Gasteiger partial charge in [0.05, 0.1) is 25.8 Å². The Hall–Kier alpha value is -2.76. The van der Waals surface area contributed by atoms with Crippen molar-refractivity contribution < 1.29 is 46.0 Å². The van der Waals surface area contributed by atoms with E-state index < -0.39 is 36.1 Å². The molecule has 0 aromatic heterocycles. The zero-order valence-corrected chi connectivity index (χ0v) is 19.2. The summed E-state index contributed by atoms with van der Waals surface area (Å²) in [5.74, 6) is -0.536. The molecule has 0 N–H and O–H groups in total. The molecule has 2 saturated heterocycles. The first-order valence-electron chi connectivity index (χ1n) is 10.9. The lowest BCUT2D eigenvalue weighted by Gasteiger charge is -2.42. The van der Waals surface area contributed by atoms with Crippen molar-refractivity contribution in [2.75, 3.05) is 33.4 Å². The first-order valence-corrected chi connectivity index (χ1v) is 10.9. The Morgan fingerprint density at radius 3 is 2.64 bits per heavy atom. The van der Waals surface area contributed by atoms with Gasteiger partial charge in [0, 0.05) is 18.5 Å². The van der Waals surface area contributed by atoms with Crippen molar-refractivity contribution in [1.82, 2.24) is 4.90 Å². The number of likely N-dealkylation sites (tertiary alicyclic amines) is 1. The minimum absolute atomic E-state index is 0.0564. The van der Waals surface area contributed by atoms with Crippen LogP contribution in [0, 0.1) is 5.82 Å². The molecule has 188 valence electrons. The molecule has 0 spiro atoms. The second-order valence-electron chi connectivity index (χ2n) is 8.34. The summed E-state index contributed by atoms with van der Waals surface area (Å²) < 4.78 is 76.0. The maximum absolute atomic E-state index is 13.9. The summed E-state index contributed by atoms with van der Waals surface area (Å²) >= 11 is 0. The van der Waals surface area contributed by atoms with Crippen molar-refractivity contribution in [3.05, 3.63) is 59.4 Å². The van der Waals surface area contributed by atoms with E-state index in [1.807, 2.05) is 0 Å². The number of amides is 1. The molecular formula is C23H21B2F4NO6. The number of carbonyl (C=O) groups excluding carboxylic acids is 1. The third kappa shape index (κ3) is 5.63. The van der Waals surface area contributed by atoms with Crippen LogP contribution in [0.5, 0.6) is 11.5 Å². The number of halogens is 4. The maximum Gasteiger partial charge on any atom is 0.522 e. The van der Waals surface area contributed by atoms with Gasteiger partial charge in [-0.1, -0.05) is 12.1 Å².